The first-order valence-corrected chi connectivity index (χ1v) is 7.25. The van der Waals surface area contributed by atoms with Crippen LogP contribution in [0.5, 0.6) is 0 Å². The third-order valence-electron chi connectivity index (χ3n) is 2.93. The Hall–Kier alpha value is -2.27. The molecule has 3 rings (SSSR count). The molecular formula is C16H14O4S. The molecule has 21 heavy (non-hydrogen) atoms. The van der Waals surface area contributed by atoms with Gasteiger partial charge >= 0.3 is 11.9 Å². The summed E-state index contributed by atoms with van der Waals surface area (Å²) in [4.78, 5) is 22.5. The SMILES string of the molecule is Cc1cc(C(=O)O)cc(C(=O)O)c1.c1ccc2c(c1)CS2. The molecule has 0 fully saturated rings. The summed E-state index contributed by atoms with van der Waals surface area (Å²) in [5.41, 5.74) is 2.13. The lowest BCUT2D eigenvalue weighted by Gasteiger charge is -2.15. The zero-order valence-electron chi connectivity index (χ0n) is 11.4. The van der Waals surface area contributed by atoms with Crippen LogP contribution in [0.4, 0.5) is 0 Å². The smallest absolute Gasteiger partial charge is 0.335 e. The van der Waals surface area contributed by atoms with Gasteiger partial charge in [-0.1, -0.05) is 18.2 Å². The summed E-state index contributed by atoms with van der Waals surface area (Å²) < 4.78 is 0. The number of rotatable bonds is 2. The minimum absolute atomic E-state index is 0.00241. The van der Waals surface area contributed by atoms with E-state index in [1.165, 1.54) is 28.3 Å². The summed E-state index contributed by atoms with van der Waals surface area (Å²) in [5, 5.41) is 17.2. The van der Waals surface area contributed by atoms with Gasteiger partial charge in [-0.25, -0.2) is 9.59 Å². The second-order valence-electron chi connectivity index (χ2n) is 4.59. The number of carbonyl (C=O) groups is 2. The Balaban J connectivity index is 0.000000170. The molecule has 0 unspecified atom stereocenters. The second kappa shape index (κ2) is 6.45. The van der Waals surface area contributed by atoms with E-state index in [-0.39, 0.29) is 11.1 Å². The number of aryl methyl sites for hydroxylation is 1. The first-order valence-electron chi connectivity index (χ1n) is 6.26. The van der Waals surface area contributed by atoms with Gasteiger partial charge in [0.05, 0.1) is 11.1 Å². The van der Waals surface area contributed by atoms with Crippen molar-refractivity contribution >= 4 is 23.7 Å². The lowest BCUT2D eigenvalue weighted by molar-refractivity contribution is 0.0696. The highest BCUT2D eigenvalue weighted by Crippen LogP contribution is 2.36. The predicted molar refractivity (Wildman–Crippen MR) is 81.1 cm³/mol. The lowest BCUT2D eigenvalue weighted by Crippen LogP contribution is -2.02. The molecule has 0 bridgehead atoms. The largest absolute Gasteiger partial charge is 0.478 e. The number of fused-ring (bicyclic) bond motifs is 1. The molecule has 1 aliphatic heterocycles. The number of carboxylic acids is 2. The van der Waals surface area contributed by atoms with Gasteiger partial charge < -0.3 is 10.2 Å². The van der Waals surface area contributed by atoms with Crippen molar-refractivity contribution in [2.24, 2.45) is 0 Å². The maximum atomic E-state index is 10.5. The number of hydrogen-bond acceptors (Lipinski definition) is 3. The average molecular weight is 302 g/mol. The van der Waals surface area contributed by atoms with E-state index in [9.17, 15) is 9.59 Å². The van der Waals surface area contributed by atoms with Gasteiger partial charge in [0.25, 0.3) is 0 Å². The molecule has 2 aromatic rings. The van der Waals surface area contributed by atoms with E-state index in [0.717, 1.165) is 6.07 Å². The first kappa shape index (κ1) is 15.1. The Morgan fingerprint density at radius 2 is 1.57 bits per heavy atom. The fraction of sp³-hybridized carbons (Fsp3) is 0.125. The fourth-order valence-corrected chi connectivity index (χ4v) is 2.69. The van der Waals surface area contributed by atoms with Gasteiger partial charge in [0.15, 0.2) is 0 Å². The van der Waals surface area contributed by atoms with E-state index >= 15 is 0 Å². The molecule has 0 aliphatic carbocycles. The minimum Gasteiger partial charge on any atom is -0.478 e. The van der Waals surface area contributed by atoms with E-state index in [2.05, 4.69) is 24.3 Å². The van der Waals surface area contributed by atoms with Crippen LogP contribution in [0.25, 0.3) is 0 Å². The van der Waals surface area contributed by atoms with E-state index in [0.29, 0.717) is 5.56 Å². The van der Waals surface area contributed by atoms with Crippen molar-refractivity contribution in [2.75, 3.05) is 0 Å². The van der Waals surface area contributed by atoms with Crippen LogP contribution in [0.2, 0.25) is 0 Å². The molecular weight excluding hydrogens is 288 g/mol. The second-order valence-corrected chi connectivity index (χ2v) is 5.61. The summed E-state index contributed by atoms with van der Waals surface area (Å²) in [5.74, 6) is -1.02. The molecule has 5 heteroatoms. The molecule has 0 saturated carbocycles. The number of hydrogen-bond donors (Lipinski definition) is 2. The van der Waals surface area contributed by atoms with Gasteiger partial charge in [-0.3, -0.25) is 0 Å². The van der Waals surface area contributed by atoms with Crippen LogP contribution in [0.1, 0.15) is 31.8 Å². The molecule has 0 amide bonds. The third kappa shape index (κ3) is 3.86. The summed E-state index contributed by atoms with van der Waals surface area (Å²) in [6.45, 7) is 1.65. The molecule has 108 valence electrons. The van der Waals surface area contributed by atoms with Crippen LogP contribution < -0.4 is 0 Å². The third-order valence-corrected chi connectivity index (χ3v) is 4.09. The van der Waals surface area contributed by atoms with Gasteiger partial charge in [0, 0.05) is 10.6 Å². The van der Waals surface area contributed by atoms with Gasteiger partial charge in [-0.2, -0.15) is 0 Å². The fourth-order valence-electron chi connectivity index (χ4n) is 1.87. The van der Waals surface area contributed by atoms with Gasteiger partial charge in [-0.05, 0) is 42.3 Å². The Morgan fingerprint density at radius 1 is 1.00 bits per heavy atom. The van der Waals surface area contributed by atoms with Gasteiger partial charge in [0.1, 0.15) is 0 Å². The van der Waals surface area contributed by atoms with Crippen molar-refractivity contribution < 1.29 is 19.8 Å². The van der Waals surface area contributed by atoms with Crippen LogP contribution in [-0.4, -0.2) is 22.2 Å². The quantitative estimate of drug-likeness (QED) is 0.885. The van der Waals surface area contributed by atoms with Crippen molar-refractivity contribution in [3.8, 4) is 0 Å². The van der Waals surface area contributed by atoms with Crippen molar-refractivity contribution in [3.05, 3.63) is 64.7 Å². The van der Waals surface area contributed by atoms with E-state index in [1.54, 1.807) is 6.92 Å². The molecule has 4 nitrogen and oxygen atoms in total. The summed E-state index contributed by atoms with van der Waals surface area (Å²) in [7, 11) is 0. The van der Waals surface area contributed by atoms with Gasteiger partial charge in [-0.15, -0.1) is 11.8 Å². The number of aromatic carboxylic acids is 2. The van der Waals surface area contributed by atoms with E-state index in [1.807, 2.05) is 11.8 Å². The highest BCUT2D eigenvalue weighted by molar-refractivity contribution is 7.99. The van der Waals surface area contributed by atoms with Crippen molar-refractivity contribution in [1.29, 1.82) is 0 Å². The monoisotopic (exact) mass is 302 g/mol. The molecule has 1 heterocycles. The molecule has 0 radical (unpaired) electrons. The summed E-state index contributed by atoms with van der Waals surface area (Å²) >= 11 is 1.93. The van der Waals surface area contributed by atoms with E-state index in [4.69, 9.17) is 10.2 Å². The molecule has 0 aromatic heterocycles. The number of carboxylic acid groups (broad SMARTS) is 2. The van der Waals surface area contributed by atoms with Crippen LogP contribution in [0, 0.1) is 6.92 Å². The summed E-state index contributed by atoms with van der Waals surface area (Å²) in [6, 6.07) is 12.5. The zero-order valence-corrected chi connectivity index (χ0v) is 12.2. The predicted octanol–water partition coefficient (Wildman–Crippen LogP) is 3.68. The van der Waals surface area contributed by atoms with Crippen molar-refractivity contribution in [2.45, 2.75) is 17.6 Å². The number of thioether (sulfide) groups is 1. The zero-order chi connectivity index (χ0) is 15.4. The Bertz CT molecular complexity index is 639. The molecule has 0 spiro atoms. The van der Waals surface area contributed by atoms with Crippen LogP contribution in [-0.2, 0) is 5.75 Å². The van der Waals surface area contributed by atoms with Crippen LogP contribution in [0.3, 0.4) is 0 Å². The normalized spacial score (nSPS) is 11.5. The Labute approximate surface area is 126 Å². The Morgan fingerprint density at radius 3 is 1.90 bits per heavy atom. The molecule has 1 aliphatic rings. The van der Waals surface area contributed by atoms with Gasteiger partial charge in [0.2, 0.25) is 0 Å². The minimum atomic E-state index is -1.12. The highest BCUT2D eigenvalue weighted by atomic mass is 32.2. The molecule has 2 aromatic carbocycles. The van der Waals surface area contributed by atoms with Crippen LogP contribution >= 0.6 is 11.8 Å². The molecule has 0 atom stereocenters. The standard InChI is InChI=1S/C9H8O4.C7H6S/c1-5-2-6(8(10)11)4-7(3-5)9(12)13;1-2-4-7-6(3-1)5-8-7/h2-4H,1H3,(H,10,11)(H,12,13);1-4H,5H2. The number of benzene rings is 2. The first-order chi connectivity index (χ1) is 9.97. The topological polar surface area (TPSA) is 74.6 Å². The van der Waals surface area contributed by atoms with E-state index < -0.39 is 11.9 Å². The summed E-state index contributed by atoms with van der Waals surface area (Å²) in [6.07, 6.45) is 0. The van der Waals surface area contributed by atoms with Crippen molar-refractivity contribution in [1.82, 2.24) is 0 Å². The molecule has 0 saturated heterocycles. The van der Waals surface area contributed by atoms with Crippen molar-refractivity contribution in [3.63, 3.8) is 0 Å². The maximum absolute atomic E-state index is 10.5. The highest BCUT2D eigenvalue weighted by Gasteiger charge is 2.10. The average Bonchev–Trinajstić information content (AvgIpc) is 2.40. The lowest BCUT2D eigenvalue weighted by atomic mass is 10.1. The maximum Gasteiger partial charge on any atom is 0.335 e. The Kier molecular flexibility index (Phi) is 4.65. The molecule has 2 N–H and O–H groups in total. The van der Waals surface area contributed by atoms with Crippen LogP contribution in [0.15, 0.2) is 47.4 Å².